The van der Waals surface area contributed by atoms with E-state index in [1.807, 2.05) is 11.8 Å². The molecule has 1 fully saturated rings. The lowest BCUT2D eigenvalue weighted by Crippen LogP contribution is -2.52. The second kappa shape index (κ2) is 8.64. The summed E-state index contributed by atoms with van der Waals surface area (Å²) in [5.41, 5.74) is 0.875. The largest absolute Gasteiger partial charge is 0.383 e. The summed E-state index contributed by atoms with van der Waals surface area (Å²) >= 11 is 0. The number of benzene rings is 1. The molecule has 1 aliphatic rings. The Hall–Kier alpha value is -1.64. The van der Waals surface area contributed by atoms with Crippen molar-refractivity contribution in [2.24, 2.45) is 0 Å². The number of piperazine rings is 1. The van der Waals surface area contributed by atoms with Crippen molar-refractivity contribution in [2.45, 2.75) is 17.9 Å². The Labute approximate surface area is 149 Å². The number of methoxy groups -OCH3 is 1. The van der Waals surface area contributed by atoms with Gasteiger partial charge in [0.25, 0.3) is 0 Å². The molecule has 1 N–H and O–H groups in total. The maximum absolute atomic E-state index is 12.4. The van der Waals surface area contributed by atoms with Gasteiger partial charge in [-0.1, -0.05) is 12.1 Å². The van der Waals surface area contributed by atoms with Crippen LogP contribution in [0, 0.1) is 0 Å². The third kappa shape index (κ3) is 5.69. The van der Waals surface area contributed by atoms with Crippen LogP contribution in [0.5, 0.6) is 0 Å². The van der Waals surface area contributed by atoms with Crippen LogP contribution in [0.2, 0.25) is 0 Å². The number of carbonyl (C=O) groups excluding carboxylic acids is 1. The van der Waals surface area contributed by atoms with Gasteiger partial charge in [-0.2, -0.15) is 0 Å². The van der Waals surface area contributed by atoms with Crippen molar-refractivity contribution < 1.29 is 17.9 Å². The van der Waals surface area contributed by atoms with Crippen molar-refractivity contribution in [1.82, 2.24) is 15.1 Å². The number of hydrogen-bond acceptors (Lipinski definition) is 5. The van der Waals surface area contributed by atoms with Crippen LogP contribution in [0.3, 0.4) is 0 Å². The molecule has 2 rings (SSSR count). The summed E-state index contributed by atoms with van der Waals surface area (Å²) in [6, 6.07) is 6.34. The normalized spacial score (nSPS) is 17.3. The summed E-state index contributed by atoms with van der Waals surface area (Å²) in [5, 5.41) is 2.98. The Morgan fingerprint density at radius 3 is 2.32 bits per heavy atom. The fourth-order valence-electron chi connectivity index (χ4n) is 2.76. The van der Waals surface area contributed by atoms with Gasteiger partial charge in [0, 0.05) is 46.1 Å². The highest BCUT2D eigenvalue weighted by atomic mass is 32.2. The van der Waals surface area contributed by atoms with Gasteiger partial charge in [0.2, 0.25) is 0 Å². The van der Waals surface area contributed by atoms with Gasteiger partial charge in [0.05, 0.1) is 17.5 Å². The zero-order chi connectivity index (χ0) is 18.4. The monoisotopic (exact) mass is 369 g/mol. The van der Waals surface area contributed by atoms with Crippen molar-refractivity contribution in [3.63, 3.8) is 0 Å². The van der Waals surface area contributed by atoms with E-state index in [1.165, 1.54) is 6.26 Å². The lowest BCUT2D eigenvalue weighted by molar-refractivity contribution is 0.105. The van der Waals surface area contributed by atoms with Crippen LogP contribution in [-0.2, 0) is 14.6 Å². The third-order valence-electron chi connectivity index (χ3n) is 4.42. The lowest BCUT2D eigenvalue weighted by Gasteiger charge is -2.35. The molecule has 1 aliphatic heterocycles. The van der Waals surface area contributed by atoms with E-state index in [9.17, 15) is 13.2 Å². The molecule has 1 aromatic rings. The van der Waals surface area contributed by atoms with Gasteiger partial charge in [-0.15, -0.1) is 0 Å². The molecule has 1 aromatic carbocycles. The van der Waals surface area contributed by atoms with Crippen molar-refractivity contribution in [3.05, 3.63) is 29.8 Å². The quantitative estimate of drug-likeness (QED) is 0.813. The minimum Gasteiger partial charge on any atom is -0.383 e. The van der Waals surface area contributed by atoms with Crippen LogP contribution < -0.4 is 5.32 Å². The number of amides is 2. The molecular weight excluding hydrogens is 342 g/mol. The number of ether oxygens (including phenoxy) is 1. The second-order valence-corrected chi connectivity index (χ2v) is 8.35. The molecular formula is C17H27N3O4S. The molecule has 0 bridgehead atoms. The lowest BCUT2D eigenvalue weighted by atomic mass is 10.1. The average molecular weight is 369 g/mol. The molecule has 0 aromatic heterocycles. The molecule has 1 heterocycles. The highest BCUT2D eigenvalue weighted by Crippen LogP contribution is 2.16. The number of nitrogens with zero attached hydrogens (tertiary/aromatic N) is 2. The van der Waals surface area contributed by atoms with Crippen molar-refractivity contribution in [2.75, 3.05) is 52.7 Å². The van der Waals surface area contributed by atoms with Gasteiger partial charge in [-0.3, -0.25) is 4.90 Å². The Morgan fingerprint density at radius 2 is 1.80 bits per heavy atom. The predicted molar refractivity (Wildman–Crippen MR) is 96.4 cm³/mol. The minimum atomic E-state index is -3.21. The standard InChI is InChI=1S/C17H27N3O4S/c1-14(15-4-6-16(7-5-15)25(3,22)23)18-17(21)20-10-8-19(9-11-20)12-13-24-2/h4-7,14H,8-13H2,1-3H3,(H,18,21)/t14-/m1/s1. The topological polar surface area (TPSA) is 79.0 Å². The first-order valence-corrected chi connectivity index (χ1v) is 10.3. The number of carbonyl (C=O) groups is 1. The first-order chi connectivity index (χ1) is 11.8. The van der Waals surface area contributed by atoms with E-state index in [0.29, 0.717) is 19.7 Å². The molecule has 0 spiro atoms. The Bertz CT molecular complexity index is 668. The van der Waals surface area contributed by atoms with Crippen LogP contribution >= 0.6 is 0 Å². The van der Waals surface area contributed by atoms with Gasteiger partial charge < -0.3 is 15.0 Å². The highest BCUT2D eigenvalue weighted by Gasteiger charge is 2.22. The van der Waals surface area contributed by atoms with Crippen LogP contribution in [0.25, 0.3) is 0 Å². The van der Waals surface area contributed by atoms with E-state index in [1.54, 1.807) is 31.4 Å². The molecule has 1 saturated heterocycles. The van der Waals surface area contributed by atoms with Crippen LogP contribution in [0.1, 0.15) is 18.5 Å². The summed E-state index contributed by atoms with van der Waals surface area (Å²) in [4.78, 5) is 16.8. The molecule has 2 amide bonds. The van der Waals surface area contributed by atoms with E-state index in [4.69, 9.17) is 4.74 Å². The van der Waals surface area contributed by atoms with Gasteiger partial charge >= 0.3 is 6.03 Å². The zero-order valence-corrected chi connectivity index (χ0v) is 15.9. The fraction of sp³-hybridized carbons (Fsp3) is 0.588. The first-order valence-electron chi connectivity index (χ1n) is 8.38. The molecule has 0 aliphatic carbocycles. The van der Waals surface area contributed by atoms with Gasteiger partial charge in [-0.05, 0) is 24.6 Å². The van der Waals surface area contributed by atoms with Gasteiger partial charge in [0.15, 0.2) is 9.84 Å². The first kappa shape index (κ1) is 19.7. The molecule has 1 atom stereocenters. The molecule has 0 unspecified atom stereocenters. The maximum Gasteiger partial charge on any atom is 0.317 e. The third-order valence-corrected chi connectivity index (χ3v) is 5.55. The van der Waals surface area contributed by atoms with E-state index < -0.39 is 9.84 Å². The van der Waals surface area contributed by atoms with E-state index in [-0.39, 0.29) is 17.0 Å². The number of nitrogens with one attached hydrogen (secondary N) is 1. The van der Waals surface area contributed by atoms with Gasteiger partial charge in [-0.25, -0.2) is 13.2 Å². The molecule has 7 nitrogen and oxygen atoms in total. The van der Waals surface area contributed by atoms with Crippen molar-refractivity contribution in [3.8, 4) is 0 Å². The number of hydrogen-bond donors (Lipinski definition) is 1. The highest BCUT2D eigenvalue weighted by molar-refractivity contribution is 7.90. The van der Waals surface area contributed by atoms with Crippen LogP contribution in [0.15, 0.2) is 29.2 Å². The zero-order valence-electron chi connectivity index (χ0n) is 15.1. The molecule has 8 heteroatoms. The van der Waals surface area contributed by atoms with Crippen molar-refractivity contribution in [1.29, 1.82) is 0 Å². The predicted octanol–water partition coefficient (Wildman–Crippen LogP) is 1.12. The number of sulfone groups is 1. The van der Waals surface area contributed by atoms with E-state index >= 15 is 0 Å². The van der Waals surface area contributed by atoms with E-state index in [2.05, 4.69) is 10.2 Å². The summed E-state index contributed by atoms with van der Waals surface area (Å²) in [7, 11) is -1.52. The summed E-state index contributed by atoms with van der Waals surface area (Å²) < 4.78 is 28.1. The van der Waals surface area contributed by atoms with Crippen LogP contribution in [0.4, 0.5) is 4.79 Å². The average Bonchev–Trinajstić information content (AvgIpc) is 2.59. The van der Waals surface area contributed by atoms with Crippen molar-refractivity contribution >= 4 is 15.9 Å². The Kier molecular flexibility index (Phi) is 6.80. The number of urea groups is 1. The molecule has 0 saturated carbocycles. The van der Waals surface area contributed by atoms with Crippen LogP contribution in [-0.4, -0.2) is 76.9 Å². The van der Waals surface area contributed by atoms with E-state index in [0.717, 1.165) is 25.2 Å². The SMILES string of the molecule is COCCN1CCN(C(=O)N[C@H](C)c2ccc(S(C)(=O)=O)cc2)CC1. The maximum atomic E-state index is 12.4. The summed E-state index contributed by atoms with van der Waals surface area (Å²) in [6.07, 6.45) is 1.18. The Morgan fingerprint density at radius 1 is 1.20 bits per heavy atom. The minimum absolute atomic E-state index is 0.0916. The van der Waals surface area contributed by atoms with Gasteiger partial charge in [0.1, 0.15) is 0 Å². The molecule has 25 heavy (non-hydrogen) atoms. The fourth-order valence-corrected chi connectivity index (χ4v) is 3.39. The molecule has 0 radical (unpaired) electrons. The molecule has 140 valence electrons. The number of rotatable bonds is 6. The summed E-state index contributed by atoms with van der Waals surface area (Å²) in [6.45, 7) is 6.54. The smallest absolute Gasteiger partial charge is 0.317 e. The Balaban J connectivity index is 1.86. The summed E-state index contributed by atoms with van der Waals surface area (Å²) in [5.74, 6) is 0. The second-order valence-electron chi connectivity index (χ2n) is 6.33.